The highest BCUT2D eigenvalue weighted by Gasteiger charge is 2.15. The van der Waals surface area contributed by atoms with Gasteiger partial charge in [0.2, 0.25) is 0 Å². The summed E-state index contributed by atoms with van der Waals surface area (Å²) in [6.07, 6.45) is 3.61. The van der Waals surface area contributed by atoms with Crippen LogP contribution < -0.4 is 10.6 Å². The smallest absolute Gasteiger partial charge is 0.267 e. The van der Waals surface area contributed by atoms with E-state index in [9.17, 15) is 9.59 Å². The maximum Gasteiger partial charge on any atom is 0.267 e. The Balaban J connectivity index is 1.67. The van der Waals surface area contributed by atoms with E-state index in [1.165, 1.54) is 12.3 Å². The van der Waals surface area contributed by atoms with Crippen molar-refractivity contribution in [3.05, 3.63) is 101 Å². The summed E-state index contributed by atoms with van der Waals surface area (Å²) in [6.45, 7) is 0.399. The quantitative estimate of drug-likeness (QED) is 0.593. The number of benzene rings is 2. The third-order valence-electron chi connectivity index (χ3n) is 3.95. The van der Waals surface area contributed by atoms with Crippen molar-refractivity contribution >= 4 is 29.5 Å². The Morgan fingerprint density at radius 1 is 1.00 bits per heavy atom. The van der Waals surface area contributed by atoms with E-state index < -0.39 is 5.91 Å². The second-order valence-corrected chi connectivity index (χ2v) is 6.47. The summed E-state index contributed by atoms with van der Waals surface area (Å²) < 4.78 is 5.27. The number of carbonyl (C=O) groups excluding carboxylic acids is 2. The van der Waals surface area contributed by atoms with Crippen molar-refractivity contribution in [2.24, 2.45) is 0 Å². The highest BCUT2D eigenvalue weighted by Crippen LogP contribution is 2.11. The van der Waals surface area contributed by atoms with Gasteiger partial charge in [0.05, 0.1) is 6.26 Å². The molecule has 6 heteroatoms. The predicted molar refractivity (Wildman–Crippen MR) is 109 cm³/mol. The summed E-state index contributed by atoms with van der Waals surface area (Å²) in [5.74, 6) is -0.306. The lowest BCUT2D eigenvalue weighted by Crippen LogP contribution is -2.35. The standard InChI is InChI=1S/C22H19ClN2O3/c23-18-9-4-6-16(14-18)11-12-24-22(27)20(15-19-10-5-13-28-19)25-21(26)17-7-2-1-3-8-17/h1-10,13-15H,11-12H2,(H,24,27)(H,25,26). The van der Waals surface area contributed by atoms with Gasteiger partial charge in [-0.2, -0.15) is 0 Å². The van der Waals surface area contributed by atoms with Crippen LogP contribution in [0.15, 0.2) is 83.1 Å². The van der Waals surface area contributed by atoms with Crippen molar-refractivity contribution in [3.63, 3.8) is 0 Å². The molecule has 0 atom stereocenters. The molecule has 1 heterocycles. The Morgan fingerprint density at radius 2 is 1.82 bits per heavy atom. The van der Waals surface area contributed by atoms with Gasteiger partial charge in [0.1, 0.15) is 11.5 Å². The molecule has 0 aliphatic carbocycles. The van der Waals surface area contributed by atoms with Gasteiger partial charge < -0.3 is 15.1 Å². The fraction of sp³-hybridized carbons (Fsp3) is 0.0909. The van der Waals surface area contributed by atoms with E-state index >= 15 is 0 Å². The lowest BCUT2D eigenvalue weighted by atomic mass is 10.1. The van der Waals surface area contributed by atoms with Gasteiger partial charge >= 0.3 is 0 Å². The molecule has 0 spiro atoms. The average Bonchev–Trinajstić information content (AvgIpc) is 3.21. The largest absolute Gasteiger partial charge is 0.465 e. The molecule has 1 aromatic heterocycles. The molecule has 2 aromatic carbocycles. The van der Waals surface area contributed by atoms with Gasteiger partial charge in [-0.3, -0.25) is 9.59 Å². The highest BCUT2D eigenvalue weighted by atomic mass is 35.5. The second kappa shape index (κ2) is 9.58. The highest BCUT2D eigenvalue weighted by molar-refractivity contribution is 6.30. The number of furan rings is 1. The Morgan fingerprint density at radius 3 is 2.54 bits per heavy atom. The van der Waals surface area contributed by atoms with Crippen LogP contribution in [0.3, 0.4) is 0 Å². The van der Waals surface area contributed by atoms with Crippen LogP contribution in [0.5, 0.6) is 0 Å². The van der Waals surface area contributed by atoms with Gasteiger partial charge in [-0.1, -0.05) is 41.9 Å². The Bertz CT molecular complexity index is 966. The number of rotatable bonds is 7. The number of hydrogen-bond donors (Lipinski definition) is 2. The molecular weight excluding hydrogens is 376 g/mol. The van der Waals surface area contributed by atoms with Crippen molar-refractivity contribution in [3.8, 4) is 0 Å². The van der Waals surface area contributed by atoms with E-state index in [0.29, 0.717) is 29.3 Å². The molecule has 0 saturated carbocycles. The summed E-state index contributed by atoms with van der Waals surface area (Å²) in [5.41, 5.74) is 1.58. The second-order valence-electron chi connectivity index (χ2n) is 6.03. The normalized spacial score (nSPS) is 11.1. The lowest BCUT2D eigenvalue weighted by Gasteiger charge is -2.11. The molecule has 2 N–H and O–H groups in total. The fourth-order valence-electron chi connectivity index (χ4n) is 2.57. The third-order valence-corrected chi connectivity index (χ3v) is 4.18. The maximum atomic E-state index is 12.6. The molecule has 3 aromatic rings. The number of nitrogens with one attached hydrogen (secondary N) is 2. The molecule has 2 amide bonds. The number of halogens is 1. The molecule has 0 saturated heterocycles. The van der Waals surface area contributed by atoms with Crippen molar-refractivity contribution in [2.45, 2.75) is 6.42 Å². The third kappa shape index (κ3) is 5.59. The molecule has 0 unspecified atom stereocenters. The Kier molecular flexibility index (Phi) is 6.65. The Hall–Kier alpha value is -3.31. The van der Waals surface area contributed by atoms with Crippen LogP contribution in [-0.2, 0) is 11.2 Å². The van der Waals surface area contributed by atoms with Crippen molar-refractivity contribution in [2.75, 3.05) is 6.54 Å². The monoisotopic (exact) mass is 394 g/mol. The summed E-state index contributed by atoms with van der Waals surface area (Å²) >= 11 is 5.98. The summed E-state index contributed by atoms with van der Waals surface area (Å²) in [4.78, 5) is 25.1. The molecular formula is C22H19ClN2O3. The van der Waals surface area contributed by atoms with Crippen LogP contribution in [0, 0.1) is 0 Å². The van der Waals surface area contributed by atoms with Gasteiger partial charge in [-0.15, -0.1) is 0 Å². The van der Waals surface area contributed by atoms with E-state index in [2.05, 4.69) is 10.6 Å². The SMILES string of the molecule is O=C(NCCc1cccc(Cl)c1)C(=Cc1ccco1)NC(=O)c1ccccc1. The molecule has 28 heavy (non-hydrogen) atoms. The van der Waals surface area contributed by atoms with Crippen LogP contribution in [0.4, 0.5) is 0 Å². The van der Waals surface area contributed by atoms with Crippen LogP contribution in [0.2, 0.25) is 5.02 Å². The van der Waals surface area contributed by atoms with Gasteiger partial charge in [-0.25, -0.2) is 0 Å². The van der Waals surface area contributed by atoms with Crippen molar-refractivity contribution in [1.29, 1.82) is 0 Å². The van der Waals surface area contributed by atoms with Crippen LogP contribution >= 0.6 is 11.6 Å². The van der Waals surface area contributed by atoms with Crippen LogP contribution in [-0.4, -0.2) is 18.4 Å². The molecule has 0 fully saturated rings. The first-order valence-electron chi connectivity index (χ1n) is 8.76. The zero-order valence-electron chi connectivity index (χ0n) is 15.0. The maximum absolute atomic E-state index is 12.6. The molecule has 0 radical (unpaired) electrons. The first-order valence-corrected chi connectivity index (χ1v) is 9.14. The van der Waals surface area contributed by atoms with E-state index in [0.717, 1.165) is 5.56 Å². The minimum atomic E-state index is -0.400. The minimum absolute atomic E-state index is 0.106. The number of carbonyl (C=O) groups is 2. The van der Waals surface area contributed by atoms with E-state index in [1.54, 1.807) is 42.5 Å². The summed E-state index contributed by atoms with van der Waals surface area (Å²) in [6, 6.07) is 19.6. The Labute approximate surface area is 168 Å². The molecule has 3 rings (SSSR count). The summed E-state index contributed by atoms with van der Waals surface area (Å²) in [7, 11) is 0. The molecule has 142 valence electrons. The molecule has 5 nitrogen and oxygen atoms in total. The van der Waals surface area contributed by atoms with E-state index in [1.807, 2.05) is 24.3 Å². The van der Waals surface area contributed by atoms with Crippen LogP contribution in [0.25, 0.3) is 6.08 Å². The first kappa shape index (κ1) is 19.5. The van der Waals surface area contributed by atoms with Crippen molar-refractivity contribution < 1.29 is 14.0 Å². The molecule has 0 aliphatic rings. The minimum Gasteiger partial charge on any atom is -0.465 e. The summed E-state index contributed by atoms with van der Waals surface area (Å²) in [5, 5.41) is 6.12. The lowest BCUT2D eigenvalue weighted by molar-refractivity contribution is -0.117. The van der Waals surface area contributed by atoms with E-state index in [4.69, 9.17) is 16.0 Å². The topological polar surface area (TPSA) is 71.3 Å². The number of amides is 2. The first-order chi connectivity index (χ1) is 13.6. The zero-order valence-corrected chi connectivity index (χ0v) is 15.8. The van der Waals surface area contributed by atoms with Crippen LogP contribution in [0.1, 0.15) is 21.7 Å². The fourth-order valence-corrected chi connectivity index (χ4v) is 2.78. The molecule has 0 bridgehead atoms. The average molecular weight is 395 g/mol. The van der Waals surface area contributed by atoms with Gasteiger partial charge in [-0.05, 0) is 48.4 Å². The van der Waals surface area contributed by atoms with Gasteiger partial charge in [0, 0.05) is 23.2 Å². The molecule has 0 aliphatic heterocycles. The van der Waals surface area contributed by atoms with Gasteiger partial charge in [0.25, 0.3) is 11.8 Å². The van der Waals surface area contributed by atoms with E-state index in [-0.39, 0.29) is 11.6 Å². The number of hydrogen-bond acceptors (Lipinski definition) is 3. The predicted octanol–water partition coefficient (Wildman–Crippen LogP) is 4.06. The van der Waals surface area contributed by atoms with Gasteiger partial charge in [0.15, 0.2) is 0 Å². The zero-order chi connectivity index (χ0) is 19.8. The van der Waals surface area contributed by atoms with Crippen molar-refractivity contribution in [1.82, 2.24) is 10.6 Å².